The first-order valence-electron chi connectivity index (χ1n) is 5.17. The van der Waals surface area contributed by atoms with Gasteiger partial charge in [0.15, 0.2) is 0 Å². The van der Waals surface area contributed by atoms with Gasteiger partial charge >= 0.3 is 15.5 Å². The van der Waals surface area contributed by atoms with Crippen LogP contribution in [0.1, 0.15) is 19.4 Å². The van der Waals surface area contributed by atoms with E-state index in [0.717, 1.165) is 4.72 Å². The van der Waals surface area contributed by atoms with Gasteiger partial charge < -0.3 is 0 Å². The van der Waals surface area contributed by atoms with Gasteiger partial charge in [0.05, 0.1) is 5.41 Å². The third kappa shape index (κ3) is 3.25. The summed E-state index contributed by atoms with van der Waals surface area (Å²) in [6.07, 6.45) is 0. The third-order valence-electron chi connectivity index (χ3n) is 2.59. The average molecular weight is 295 g/mol. The van der Waals surface area contributed by atoms with E-state index in [4.69, 9.17) is 0 Å². The maximum atomic E-state index is 12.2. The number of halogens is 3. The molecular formula is C11H12F3NO3S. The Kier molecular flexibility index (Phi) is 3.94. The molecule has 0 fully saturated rings. The number of nitrogens with one attached hydrogen (secondary N) is 1. The summed E-state index contributed by atoms with van der Waals surface area (Å²) in [5.41, 5.74) is -6.51. The van der Waals surface area contributed by atoms with Crippen molar-refractivity contribution < 1.29 is 26.4 Å². The van der Waals surface area contributed by atoms with E-state index in [1.165, 1.54) is 26.0 Å². The number of rotatable bonds is 3. The smallest absolute Gasteiger partial charge is 0.273 e. The summed E-state index contributed by atoms with van der Waals surface area (Å²) in [7, 11) is -5.69. The van der Waals surface area contributed by atoms with Gasteiger partial charge in [-0.2, -0.15) is 21.6 Å². The Morgan fingerprint density at radius 2 is 1.58 bits per heavy atom. The van der Waals surface area contributed by atoms with E-state index in [-0.39, 0.29) is 0 Å². The molecule has 1 amide bonds. The zero-order valence-electron chi connectivity index (χ0n) is 10.2. The minimum Gasteiger partial charge on any atom is -0.273 e. The van der Waals surface area contributed by atoms with Gasteiger partial charge in [-0.1, -0.05) is 30.3 Å². The van der Waals surface area contributed by atoms with Crippen LogP contribution in [0.25, 0.3) is 0 Å². The molecule has 0 saturated heterocycles. The molecule has 1 rings (SSSR count). The van der Waals surface area contributed by atoms with Crippen LogP contribution in [-0.2, 0) is 20.2 Å². The third-order valence-corrected chi connectivity index (χ3v) is 3.66. The lowest BCUT2D eigenvalue weighted by atomic mass is 9.84. The van der Waals surface area contributed by atoms with Crippen molar-refractivity contribution in [3.05, 3.63) is 35.9 Å². The summed E-state index contributed by atoms with van der Waals surface area (Å²) >= 11 is 0. The minimum atomic E-state index is -5.69. The van der Waals surface area contributed by atoms with Crippen LogP contribution in [0.3, 0.4) is 0 Å². The molecule has 0 heterocycles. The van der Waals surface area contributed by atoms with Gasteiger partial charge in [-0.25, -0.2) is 4.72 Å². The van der Waals surface area contributed by atoms with Crippen LogP contribution in [0.5, 0.6) is 0 Å². The van der Waals surface area contributed by atoms with E-state index in [2.05, 4.69) is 0 Å². The Morgan fingerprint density at radius 1 is 1.11 bits per heavy atom. The summed E-state index contributed by atoms with van der Waals surface area (Å²) in [5.74, 6) is -1.24. The van der Waals surface area contributed by atoms with E-state index < -0.39 is 26.9 Å². The van der Waals surface area contributed by atoms with Crippen LogP contribution < -0.4 is 4.72 Å². The van der Waals surface area contributed by atoms with Crippen molar-refractivity contribution in [3.8, 4) is 0 Å². The molecule has 1 aromatic carbocycles. The molecule has 8 heteroatoms. The summed E-state index contributed by atoms with van der Waals surface area (Å²) in [5, 5.41) is 0. The van der Waals surface area contributed by atoms with Gasteiger partial charge in [-0.3, -0.25) is 4.79 Å². The Morgan fingerprint density at radius 3 is 2.00 bits per heavy atom. The van der Waals surface area contributed by atoms with Crippen molar-refractivity contribution in [3.63, 3.8) is 0 Å². The van der Waals surface area contributed by atoms with Crippen molar-refractivity contribution in [1.82, 2.24) is 4.72 Å². The molecule has 0 aliphatic heterocycles. The SMILES string of the molecule is CC(C)(C(=O)NS(=O)(=O)C(F)(F)F)c1ccccc1. The Hall–Kier alpha value is -1.57. The van der Waals surface area contributed by atoms with Gasteiger partial charge in [0.2, 0.25) is 5.91 Å². The molecule has 0 aromatic heterocycles. The Balaban J connectivity index is 3.03. The van der Waals surface area contributed by atoms with Crippen molar-refractivity contribution in [2.45, 2.75) is 24.8 Å². The largest absolute Gasteiger partial charge is 0.516 e. The van der Waals surface area contributed by atoms with Crippen LogP contribution in [-0.4, -0.2) is 19.8 Å². The molecule has 106 valence electrons. The monoisotopic (exact) mass is 295 g/mol. The van der Waals surface area contributed by atoms with Gasteiger partial charge in [0.1, 0.15) is 0 Å². The lowest BCUT2D eigenvalue weighted by Crippen LogP contribution is -2.47. The number of carbonyl (C=O) groups excluding carboxylic acids is 1. The number of alkyl halides is 3. The average Bonchev–Trinajstić information content (AvgIpc) is 2.28. The van der Waals surface area contributed by atoms with Crippen LogP contribution in [0.4, 0.5) is 13.2 Å². The predicted octanol–water partition coefficient (Wildman–Crippen LogP) is 1.93. The van der Waals surface area contributed by atoms with Crippen molar-refractivity contribution in [1.29, 1.82) is 0 Å². The molecule has 0 saturated carbocycles. The number of hydrogen-bond acceptors (Lipinski definition) is 3. The van der Waals surface area contributed by atoms with Gasteiger partial charge in [-0.05, 0) is 19.4 Å². The lowest BCUT2D eigenvalue weighted by molar-refractivity contribution is -0.124. The normalized spacial score (nSPS) is 13.1. The molecule has 0 atom stereocenters. The predicted molar refractivity (Wildman–Crippen MR) is 62.6 cm³/mol. The van der Waals surface area contributed by atoms with Gasteiger partial charge in [0, 0.05) is 0 Å². The molecule has 1 aromatic rings. The maximum Gasteiger partial charge on any atom is 0.516 e. The lowest BCUT2D eigenvalue weighted by Gasteiger charge is -2.24. The highest BCUT2D eigenvalue weighted by molar-refractivity contribution is 7.90. The van der Waals surface area contributed by atoms with E-state index in [9.17, 15) is 26.4 Å². The molecule has 0 aliphatic rings. The highest BCUT2D eigenvalue weighted by Gasteiger charge is 2.48. The van der Waals surface area contributed by atoms with Crippen LogP contribution in [0.2, 0.25) is 0 Å². The van der Waals surface area contributed by atoms with Crippen molar-refractivity contribution >= 4 is 15.9 Å². The Bertz CT molecular complexity index is 565. The first kappa shape index (κ1) is 15.5. The van der Waals surface area contributed by atoms with Crippen LogP contribution in [0.15, 0.2) is 30.3 Å². The molecule has 0 unspecified atom stereocenters. The Labute approximate surface area is 108 Å². The highest BCUT2D eigenvalue weighted by Crippen LogP contribution is 2.26. The van der Waals surface area contributed by atoms with E-state index in [1.807, 2.05) is 0 Å². The van der Waals surface area contributed by atoms with Crippen LogP contribution in [0, 0.1) is 0 Å². The summed E-state index contributed by atoms with van der Waals surface area (Å²) in [6.45, 7) is 2.67. The van der Waals surface area contributed by atoms with E-state index in [0.29, 0.717) is 5.56 Å². The standard InChI is InChI=1S/C11H12F3NO3S/c1-10(2,8-6-4-3-5-7-8)9(16)15-19(17,18)11(12,13)14/h3-7H,1-2H3,(H,15,16). The fourth-order valence-electron chi connectivity index (χ4n) is 1.29. The number of carbonyl (C=O) groups is 1. The molecule has 19 heavy (non-hydrogen) atoms. The molecule has 0 spiro atoms. The zero-order valence-corrected chi connectivity index (χ0v) is 11.0. The minimum absolute atomic E-state index is 0.407. The fourth-order valence-corrected chi connectivity index (χ4v) is 1.91. The molecular weight excluding hydrogens is 283 g/mol. The van der Waals surface area contributed by atoms with Gasteiger partial charge in [0.25, 0.3) is 0 Å². The fraction of sp³-hybridized carbons (Fsp3) is 0.364. The number of sulfonamides is 1. The molecule has 0 bridgehead atoms. The van der Waals surface area contributed by atoms with Crippen molar-refractivity contribution in [2.24, 2.45) is 0 Å². The number of hydrogen-bond donors (Lipinski definition) is 1. The summed E-state index contributed by atoms with van der Waals surface area (Å²) < 4.78 is 59.4. The first-order chi connectivity index (χ1) is 8.48. The van der Waals surface area contributed by atoms with E-state index in [1.54, 1.807) is 18.2 Å². The van der Waals surface area contributed by atoms with Crippen molar-refractivity contribution in [2.75, 3.05) is 0 Å². The van der Waals surface area contributed by atoms with Crippen LogP contribution >= 0.6 is 0 Å². The van der Waals surface area contributed by atoms with E-state index >= 15 is 0 Å². The first-order valence-corrected chi connectivity index (χ1v) is 6.66. The second-order valence-electron chi connectivity index (χ2n) is 4.37. The highest BCUT2D eigenvalue weighted by atomic mass is 32.2. The molecule has 4 nitrogen and oxygen atoms in total. The second-order valence-corrected chi connectivity index (χ2v) is 6.05. The summed E-state index contributed by atoms with van der Waals surface area (Å²) in [6, 6.07) is 7.93. The number of benzene rings is 1. The molecule has 1 N–H and O–H groups in total. The topological polar surface area (TPSA) is 63.2 Å². The molecule has 0 radical (unpaired) electrons. The summed E-state index contributed by atoms with van der Waals surface area (Å²) in [4.78, 5) is 11.7. The quantitative estimate of drug-likeness (QED) is 0.926. The van der Waals surface area contributed by atoms with Gasteiger partial charge in [-0.15, -0.1) is 0 Å². The molecule has 0 aliphatic carbocycles. The zero-order chi connectivity index (χ0) is 14.9. The second kappa shape index (κ2) is 4.84. The maximum absolute atomic E-state index is 12.2. The number of amides is 1.